The first-order valence-corrected chi connectivity index (χ1v) is 10.4. The second-order valence-corrected chi connectivity index (χ2v) is 8.19. The molecule has 0 radical (unpaired) electrons. The van der Waals surface area contributed by atoms with Gasteiger partial charge in [-0.3, -0.25) is 4.79 Å². The summed E-state index contributed by atoms with van der Waals surface area (Å²) in [7, 11) is 0. The number of fused-ring (bicyclic) bond motifs is 1. The van der Waals surface area contributed by atoms with Gasteiger partial charge >= 0.3 is 11.6 Å². The van der Waals surface area contributed by atoms with E-state index in [0.717, 1.165) is 27.2 Å². The molecule has 0 aliphatic heterocycles. The molecule has 0 fully saturated rings. The Morgan fingerprint density at radius 3 is 2.57 bits per heavy atom. The van der Waals surface area contributed by atoms with E-state index in [9.17, 15) is 9.59 Å². The summed E-state index contributed by atoms with van der Waals surface area (Å²) in [5, 5.41) is 1.51. The van der Waals surface area contributed by atoms with Crippen LogP contribution in [0.5, 0.6) is 0 Å². The van der Waals surface area contributed by atoms with E-state index in [1.807, 2.05) is 50.2 Å². The molecule has 0 spiro atoms. The van der Waals surface area contributed by atoms with Crippen LogP contribution in [0.15, 0.2) is 56.6 Å². The quantitative estimate of drug-likeness (QED) is 0.214. The van der Waals surface area contributed by atoms with Crippen molar-refractivity contribution in [3.8, 4) is 0 Å². The average Bonchev–Trinajstić information content (AvgIpc) is 2.66. The molecule has 0 saturated carbocycles. The molecule has 0 N–H and O–H groups in total. The summed E-state index contributed by atoms with van der Waals surface area (Å²) >= 11 is 7.54. The van der Waals surface area contributed by atoms with Crippen LogP contribution in [0.1, 0.15) is 29.5 Å². The van der Waals surface area contributed by atoms with Crippen LogP contribution in [-0.2, 0) is 16.1 Å². The monoisotopic (exact) mass is 416 g/mol. The topological polar surface area (TPSA) is 56.5 Å². The highest BCUT2D eigenvalue weighted by Gasteiger charge is 2.10. The Balaban J connectivity index is 1.53. The summed E-state index contributed by atoms with van der Waals surface area (Å²) in [6.07, 6.45) is 1.04. The maximum atomic E-state index is 12.1. The van der Waals surface area contributed by atoms with E-state index >= 15 is 0 Å². The summed E-state index contributed by atoms with van der Waals surface area (Å²) in [5.41, 5.74) is 2.87. The molecule has 0 saturated heterocycles. The van der Waals surface area contributed by atoms with E-state index in [4.69, 9.17) is 20.8 Å². The maximum Gasteiger partial charge on any atom is 0.336 e. The predicted molar refractivity (Wildman–Crippen MR) is 113 cm³/mol. The lowest BCUT2D eigenvalue weighted by Gasteiger charge is -2.09. The molecule has 146 valence electrons. The number of hydrogen-bond acceptors (Lipinski definition) is 5. The van der Waals surface area contributed by atoms with Crippen molar-refractivity contribution in [1.82, 2.24) is 0 Å². The molecule has 4 nitrogen and oxygen atoms in total. The van der Waals surface area contributed by atoms with Crippen molar-refractivity contribution < 1.29 is 13.9 Å². The fourth-order valence-electron chi connectivity index (χ4n) is 2.77. The molecular formula is C22H21ClO4S. The minimum atomic E-state index is -0.443. The van der Waals surface area contributed by atoms with Gasteiger partial charge in [-0.25, -0.2) is 4.79 Å². The molecule has 0 unspecified atom stereocenters. The number of carbonyl (C=O) groups is 1. The molecule has 2 aromatic carbocycles. The zero-order chi connectivity index (χ0) is 20.1. The van der Waals surface area contributed by atoms with E-state index in [0.29, 0.717) is 29.0 Å². The number of hydrogen-bond donors (Lipinski definition) is 0. The van der Waals surface area contributed by atoms with Gasteiger partial charge in [0.15, 0.2) is 0 Å². The van der Waals surface area contributed by atoms with Gasteiger partial charge in [0.1, 0.15) is 12.2 Å². The molecule has 1 aromatic heterocycles. The number of carbonyl (C=O) groups excluding carboxylic acids is 1. The van der Waals surface area contributed by atoms with Gasteiger partial charge in [-0.05, 0) is 73.5 Å². The van der Waals surface area contributed by atoms with Gasteiger partial charge in [0.2, 0.25) is 0 Å². The summed E-state index contributed by atoms with van der Waals surface area (Å²) in [4.78, 5) is 25.0. The largest absolute Gasteiger partial charge is 0.461 e. The third-order valence-electron chi connectivity index (χ3n) is 4.44. The summed E-state index contributed by atoms with van der Waals surface area (Å²) in [6.45, 7) is 4.02. The smallest absolute Gasteiger partial charge is 0.336 e. The number of halogens is 1. The number of rotatable bonds is 7. The number of aryl methyl sites for hydroxylation is 2. The molecule has 3 rings (SSSR count). The van der Waals surface area contributed by atoms with Gasteiger partial charge < -0.3 is 9.15 Å². The van der Waals surface area contributed by atoms with E-state index in [1.165, 1.54) is 6.07 Å². The highest BCUT2D eigenvalue weighted by molar-refractivity contribution is 7.99. The van der Waals surface area contributed by atoms with Crippen LogP contribution in [0, 0.1) is 13.8 Å². The number of ether oxygens (including phenoxy) is 1. The van der Waals surface area contributed by atoms with Crippen molar-refractivity contribution in [2.24, 2.45) is 0 Å². The molecular weight excluding hydrogens is 396 g/mol. The van der Waals surface area contributed by atoms with Gasteiger partial charge in [0.25, 0.3) is 0 Å². The van der Waals surface area contributed by atoms with Crippen LogP contribution in [-0.4, -0.2) is 11.7 Å². The van der Waals surface area contributed by atoms with Crippen LogP contribution in [0.4, 0.5) is 0 Å². The van der Waals surface area contributed by atoms with Crippen molar-refractivity contribution >= 4 is 40.3 Å². The maximum absolute atomic E-state index is 12.1. The van der Waals surface area contributed by atoms with Gasteiger partial charge in [0, 0.05) is 33.4 Å². The van der Waals surface area contributed by atoms with Crippen LogP contribution in [0.3, 0.4) is 0 Å². The molecule has 0 amide bonds. The van der Waals surface area contributed by atoms with Crippen LogP contribution in [0.25, 0.3) is 11.0 Å². The summed E-state index contributed by atoms with van der Waals surface area (Å²) in [6, 6.07) is 12.8. The van der Waals surface area contributed by atoms with Crippen molar-refractivity contribution in [3.63, 3.8) is 0 Å². The second-order valence-electron chi connectivity index (χ2n) is 6.59. The molecule has 0 aliphatic rings. The van der Waals surface area contributed by atoms with E-state index in [2.05, 4.69) is 0 Å². The third kappa shape index (κ3) is 5.40. The van der Waals surface area contributed by atoms with Crippen LogP contribution >= 0.6 is 23.4 Å². The lowest BCUT2D eigenvalue weighted by atomic mass is 10.0. The minimum Gasteiger partial charge on any atom is -0.461 e. The Morgan fingerprint density at radius 1 is 1.11 bits per heavy atom. The fourth-order valence-corrected chi connectivity index (χ4v) is 3.75. The zero-order valence-corrected chi connectivity index (χ0v) is 17.4. The Hall–Kier alpha value is -2.24. The minimum absolute atomic E-state index is 0.0633. The first-order chi connectivity index (χ1) is 13.4. The van der Waals surface area contributed by atoms with Gasteiger partial charge in [-0.2, -0.15) is 0 Å². The standard InChI is InChI=1S/C22H21ClO4S/c1-14-10-19-16(12-22(25)27-20(19)11-15(14)2)13-26-21(24)4-3-9-28-18-7-5-17(23)6-8-18/h5-8,10-12H,3-4,9,13H2,1-2H3. The Bertz CT molecular complexity index is 1040. The normalized spacial score (nSPS) is 11.0. The number of esters is 1. The lowest BCUT2D eigenvalue weighted by molar-refractivity contribution is -0.144. The van der Waals surface area contributed by atoms with Crippen molar-refractivity contribution in [1.29, 1.82) is 0 Å². The third-order valence-corrected chi connectivity index (χ3v) is 5.79. The molecule has 6 heteroatoms. The van der Waals surface area contributed by atoms with Crippen molar-refractivity contribution in [2.45, 2.75) is 38.2 Å². The molecule has 0 bridgehead atoms. The zero-order valence-electron chi connectivity index (χ0n) is 15.8. The molecule has 3 aromatic rings. The van der Waals surface area contributed by atoms with Crippen LogP contribution < -0.4 is 5.63 Å². The molecule has 28 heavy (non-hydrogen) atoms. The lowest BCUT2D eigenvalue weighted by Crippen LogP contribution is -2.08. The molecule has 0 aliphatic carbocycles. The molecule has 0 atom stereocenters. The SMILES string of the molecule is Cc1cc2oc(=O)cc(COC(=O)CCCSc3ccc(Cl)cc3)c2cc1C. The average molecular weight is 417 g/mol. The number of thioether (sulfide) groups is 1. The summed E-state index contributed by atoms with van der Waals surface area (Å²) in [5.74, 6) is 0.537. The fraction of sp³-hybridized carbons (Fsp3) is 0.273. The van der Waals surface area contributed by atoms with Crippen LogP contribution in [0.2, 0.25) is 5.02 Å². The Kier molecular flexibility index (Phi) is 6.81. The van der Waals surface area contributed by atoms with Gasteiger partial charge in [-0.1, -0.05) is 11.6 Å². The number of benzene rings is 2. The Morgan fingerprint density at radius 2 is 1.82 bits per heavy atom. The van der Waals surface area contributed by atoms with E-state index < -0.39 is 5.63 Å². The van der Waals surface area contributed by atoms with Crippen molar-refractivity contribution in [2.75, 3.05) is 5.75 Å². The van der Waals surface area contributed by atoms with Crippen molar-refractivity contribution in [3.05, 3.63) is 74.6 Å². The van der Waals surface area contributed by atoms with E-state index in [-0.39, 0.29) is 12.6 Å². The Labute approximate surface area is 172 Å². The summed E-state index contributed by atoms with van der Waals surface area (Å²) < 4.78 is 10.6. The predicted octanol–water partition coefficient (Wildman–Crippen LogP) is 5.68. The highest BCUT2D eigenvalue weighted by Crippen LogP contribution is 2.23. The second kappa shape index (κ2) is 9.30. The highest BCUT2D eigenvalue weighted by atomic mass is 35.5. The first kappa shape index (κ1) is 20.5. The molecule has 1 heterocycles. The van der Waals surface area contributed by atoms with Gasteiger partial charge in [-0.15, -0.1) is 11.8 Å². The first-order valence-electron chi connectivity index (χ1n) is 9.00. The van der Waals surface area contributed by atoms with E-state index in [1.54, 1.807) is 11.8 Å². The van der Waals surface area contributed by atoms with Gasteiger partial charge in [0.05, 0.1) is 0 Å².